The lowest BCUT2D eigenvalue weighted by Gasteiger charge is -2.45. The maximum absolute atomic E-state index is 13.8. The van der Waals surface area contributed by atoms with Crippen LogP contribution in [0.3, 0.4) is 0 Å². The van der Waals surface area contributed by atoms with E-state index in [-0.39, 0.29) is 12.2 Å². The van der Waals surface area contributed by atoms with E-state index in [0.717, 1.165) is 48.5 Å². The lowest BCUT2D eigenvalue weighted by molar-refractivity contribution is -0.345. The zero-order valence-corrected chi connectivity index (χ0v) is 27.1. The van der Waals surface area contributed by atoms with Gasteiger partial charge in [0.2, 0.25) is 6.29 Å². The van der Waals surface area contributed by atoms with Gasteiger partial charge in [-0.3, -0.25) is 24.0 Å². The number of carbonyl (C=O) groups excluding carboxylic acids is 4. The highest BCUT2D eigenvalue weighted by molar-refractivity contribution is 5.84. The van der Waals surface area contributed by atoms with Crippen LogP contribution < -0.4 is 5.56 Å². The van der Waals surface area contributed by atoms with Crippen LogP contribution >= 0.6 is 0 Å². The van der Waals surface area contributed by atoms with Crippen molar-refractivity contribution in [2.45, 2.75) is 97.1 Å². The van der Waals surface area contributed by atoms with Crippen molar-refractivity contribution in [2.75, 3.05) is 6.61 Å². The van der Waals surface area contributed by atoms with Gasteiger partial charge in [0, 0.05) is 50.1 Å². The van der Waals surface area contributed by atoms with Crippen molar-refractivity contribution in [1.82, 2.24) is 9.55 Å². The summed E-state index contributed by atoms with van der Waals surface area (Å²) >= 11 is 0. The first-order valence-corrected chi connectivity index (χ1v) is 15.7. The largest absolute Gasteiger partial charge is 0.463 e. The molecule has 1 aromatic carbocycles. The normalized spacial score (nSPS) is 25.7. The van der Waals surface area contributed by atoms with E-state index in [1.807, 2.05) is 43.3 Å². The van der Waals surface area contributed by atoms with E-state index in [1.54, 1.807) is 4.57 Å². The number of ether oxygens (including phenoxy) is 7. The number of hydrogen-bond acceptors (Lipinski definition) is 13. The van der Waals surface area contributed by atoms with Crippen molar-refractivity contribution in [1.29, 1.82) is 0 Å². The molecular formula is C34H36N2O12. The molecule has 0 amide bonds. The minimum Gasteiger partial charge on any atom is -0.463 e. The van der Waals surface area contributed by atoms with Crippen LogP contribution in [0, 0.1) is 0 Å². The second-order valence-corrected chi connectivity index (χ2v) is 11.9. The Hall–Kier alpha value is -4.66. The van der Waals surface area contributed by atoms with Gasteiger partial charge in [-0.05, 0) is 30.2 Å². The van der Waals surface area contributed by atoms with Crippen molar-refractivity contribution in [2.24, 2.45) is 0 Å². The maximum Gasteiger partial charge on any atom is 0.303 e. The van der Waals surface area contributed by atoms with E-state index >= 15 is 0 Å². The summed E-state index contributed by atoms with van der Waals surface area (Å²) < 4.78 is 42.1. The number of para-hydroxylation sites is 1. The van der Waals surface area contributed by atoms with E-state index in [4.69, 9.17) is 38.1 Å². The first kappa shape index (κ1) is 33.2. The van der Waals surface area contributed by atoms with Crippen LogP contribution in [0.5, 0.6) is 0 Å². The van der Waals surface area contributed by atoms with Crippen molar-refractivity contribution in [3.8, 4) is 11.4 Å². The Kier molecular flexibility index (Phi) is 9.32. The molecule has 2 aromatic heterocycles. The zero-order valence-electron chi connectivity index (χ0n) is 27.1. The molecule has 48 heavy (non-hydrogen) atoms. The van der Waals surface area contributed by atoms with Crippen molar-refractivity contribution in [3.05, 3.63) is 63.4 Å². The van der Waals surface area contributed by atoms with Gasteiger partial charge in [0.05, 0.1) is 30.1 Å². The van der Waals surface area contributed by atoms with Crippen LogP contribution in [0.2, 0.25) is 0 Å². The highest BCUT2D eigenvalue weighted by Crippen LogP contribution is 2.40. The monoisotopic (exact) mass is 664 g/mol. The highest BCUT2D eigenvalue weighted by Gasteiger charge is 2.54. The number of benzene rings is 1. The van der Waals surface area contributed by atoms with Gasteiger partial charge in [0.15, 0.2) is 24.6 Å². The highest BCUT2D eigenvalue weighted by atomic mass is 16.8. The Balaban J connectivity index is 1.36. The Bertz CT molecular complexity index is 1840. The first-order valence-electron chi connectivity index (χ1n) is 15.7. The molecule has 3 aromatic rings. The smallest absolute Gasteiger partial charge is 0.303 e. The van der Waals surface area contributed by atoms with Crippen LogP contribution in [0.25, 0.3) is 22.3 Å². The second-order valence-electron chi connectivity index (χ2n) is 11.9. The number of esters is 4. The molecule has 0 N–H and O–H groups in total. The molecule has 0 bridgehead atoms. The van der Waals surface area contributed by atoms with Crippen LogP contribution in [-0.2, 0) is 65.5 Å². The van der Waals surface area contributed by atoms with E-state index < -0.39 is 73.4 Å². The molecule has 0 saturated carbocycles. The molecule has 0 spiro atoms. The molecule has 3 aliphatic heterocycles. The average Bonchev–Trinajstić information content (AvgIpc) is 3.38. The molecule has 14 nitrogen and oxygen atoms in total. The number of pyridine rings is 2. The first-order chi connectivity index (χ1) is 22.9. The van der Waals surface area contributed by atoms with Crippen molar-refractivity contribution in [3.63, 3.8) is 0 Å². The SMILES string of the molecule is CC[C@@H]1c2cc3n(c(=O)c2CO[C@H]1O[C@@H]1O[C@H](COC(C)=O)[C@@H](OC(C)=O)[C@H](OC(C)=O)[C@H]1OC(C)=O)Cc1cc2ccccc2nc1-3. The fourth-order valence-electron chi connectivity index (χ4n) is 6.61. The van der Waals surface area contributed by atoms with E-state index in [1.165, 1.54) is 6.92 Å². The van der Waals surface area contributed by atoms with Gasteiger partial charge >= 0.3 is 23.9 Å². The summed E-state index contributed by atoms with van der Waals surface area (Å²) in [5.74, 6) is -3.37. The van der Waals surface area contributed by atoms with Crippen molar-refractivity contribution < 1.29 is 52.3 Å². The molecule has 14 heteroatoms. The molecule has 1 fully saturated rings. The summed E-state index contributed by atoms with van der Waals surface area (Å²) in [4.78, 5) is 67.0. The summed E-state index contributed by atoms with van der Waals surface area (Å²) in [5.41, 5.74) is 4.19. The molecule has 5 heterocycles. The van der Waals surface area contributed by atoms with E-state index in [0.29, 0.717) is 24.2 Å². The Labute approximate surface area is 275 Å². The van der Waals surface area contributed by atoms with E-state index in [9.17, 15) is 24.0 Å². The maximum atomic E-state index is 13.8. The van der Waals surface area contributed by atoms with Gasteiger partial charge in [-0.1, -0.05) is 25.1 Å². The van der Waals surface area contributed by atoms with Gasteiger partial charge in [-0.2, -0.15) is 0 Å². The van der Waals surface area contributed by atoms with Crippen molar-refractivity contribution >= 4 is 34.8 Å². The second kappa shape index (κ2) is 13.5. The Morgan fingerprint density at radius 3 is 2.27 bits per heavy atom. The van der Waals surface area contributed by atoms with Crippen LogP contribution in [0.1, 0.15) is 63.6 Å². The predicted octanol–water partition coefficient (Wildman–Crippen LogP) is 2.87. The molecule has 7 atom stereocenters. The lowest BCUT2D eigenvalue weighted by atomic mass is 9.89. The third-order valence-corrected chi connectivity index (χ3v) is 8.58. The minimum atomic E-state index is -1.43. The van der Waals surface area contributed by atoms with Gasteiger partial charge < -0.3 is 37.7 Å². The minimum absolute atomic E-state index is 0.0767. The number of rotatable bonds is 8. The number of fused-ring (bicyclic) bond motifs is 5. The summed E-state index contributed by atoms with van der Waals surface area (Å²) in [6.07, 6.45) is -7.29. The summed E-state index contributed by atoms with van der Waals surface area (Å²) in [7, 11) is 0. The lowest BCUT2D eigenvalue weighted by Crippen LogP contribution is -2.63. The third kappa shape index (κ3) is 6.42. The van der Waals surface area contributed by atoms with Crippen LogP contribution in [-0.4, -0.2) is 77.0 Å². The fraction of sp³-hybridized carbons (Fsp3) is 0.471. The summed E-state index contributed by atoms with van der Waals surface area (Å²) in [5, 5.41) is 0.981. The summed E-state index contributed by atoms with van der Waals surface area (Å²) in [6, 6.07) is 11.8. The van der Waals surface area contributed by atoms with Crippen LogP contribution in [0.4, 0.5) is 0 Å². The molecule has 0 radical (unpaired) electrons. The molecule has 0 unspecified atom stereocenters. The van der Waals surface area contributed by atoms with E-state index in [2.05, 4.69) is 0 Å². The molecule has 3 aliphatic rings. The molecule has 254 valence electrons. The number of nitrogens with zero attached hydrogens (tertiary/aromatic N) is 2. The zero-order chi connectivity index (χ0) is 34.3. The fourth-order valence-corrected chi connectivity index (χ4v) is 6.61. The number of hydrogen-bond donors (Lipinski definition) is 0. The van der Waals surface area contributed by atoms with Gasteiger partial charge in [0.1, 0.15) is 12.7 Å². The molecular weight excluding hydrogens is 628 g/mol. The van der Waals surface area contributed by atoms with Gasteiger partial charge in [0.25, 0.3) is 5.56 Å². The number of aromatic nitrogens is 2. The summed E-state index contributed by atoms with van der Waals surface area (Å²) in [6.45, 7) is 6.46. The Morgan fingerprint density at radius 2 is 1.58 bits per heavy atom. The predicted molar refractivity (Wildman–Crippen MR) is 165 cm³/mol. The molecule has 6 rings (SSSR count). The van der Waals surface area contributed by atoms with Crippen LogP contribution in [0.15, 0.2) is 41.2 Å². The Morgan fingerprint density at radius 1 is 0.896 bits per heavy atom. The molecule has 1 saturated heterocycles. The quantitative estimate of drug-likeness (QED) is 0.199. The topological polar surface area (TPSA) is 168 Å². The number of carbonyl (C=O) groups is 4. The van der Waals surface area contributed by atoms with Gasteiger partial charge in [-0.15, -0.1) is 0 Å². The standard InChI is InChI=1S/C34H36N2O12/c1-6-22-23-12-26-28-21(11-20-9-7-8-10-25(20)35-28)13-36(26)32(41)24(23)14-43-33(22)48-34-31(46-19(5)40)30(45-18(4)39)29(44-17(3)38)27(47-34)15-42-16(2)37/h7-12,22,27,29-31,33-34H,6,13-15H2,1-5H3/t22-,27-,29-,30+,31-,33+,34+/m1/s1. The third-order valence-electron chi connectivity index (χ3n) is 8.58. The molecule has 0 aliphatic carbocycles. The average molecular weight is 665 g/mol. The van der Waals surface area contributed by atoms with Gasteiger partial charge in [-0.25, -0.2) is 4.98 Å².